The first-order valence-corrected chi connectivity index (χ1v) is 11.1. The average molecular weight is 436 g/mol. The first-order valence-electron chi connectivity index (χ1n) is 11.1. The van der Waals surface area contributed by atoms with E-state index in [1.165, 1.54) is 0 Å². The molecule has 1 spiro atoms. The molecule has 5 rings (SSSR count). The number of H-pyrrole nitrogens is 1. The number of benzene rings is 1. The monoisotopic (exact) mass is 435 g/mol. The Morgan fingerprint density at radius 1 is 1.25 bits per heavy atom. The van der Waals surface area contributed by atoms with Crippen LogP contribution in [0.15, 0.2) is 30.5 Å². The number of rotatable bonds is 2. The third kappa shape index (κ3) is 2.92. The van der Waals surface area contributed by atoms with Crippen LogP contribution in [0.2, 0.25) is 0 Å². The third-order valence-electron chi connectivity index (χ3n) is 7.13. The second-order valence-electron chi connectivity index (χ2n) is 10.3. The van der Waals surface area contributed by atoms with Gasteiger partial charge >= 0.3 is 6.09 Å². The molecule has 0 aliphatic carbocycles. The quantitative estimate of drug-likeness (QED) is 0.566. The van der Waals surface area contributed by atoms with Crippen molar-refractivity contribution in [3.63, 3.8) is 0 Å². The summed E-state index contributed by atoms with van der Waals surface area (Å²) in [7, 11) is 0. The number of nitrogens with one attached hydrogen (secondary N) is 1. The number of amides is 2. The highest BCUT2D eigenvalue weighted by atomic mass is 16.4. The van der Waals surface area contributed by atoms with Crippen molar-refractivity contribution >= 4 is 39.6 Å². The summed E-state index contributed by atoms with van der Waals surface area (Å²) in [6.07, 6.45) is 2.66. The maximum absolute atomic E-state index is 12.1. The third-order valence-corrected chi connectivity index (χ3v) is 7.13. The lowest BCUT2D eigenvalue weighted by Gasteiger charge is -2.63. The molecule has 1 aromatic carbocycles. The Balaban J connectivity index is 1.62. The molecule has 3 aromatic rings. The summed E-state index contributed by atoms with van der Waals surface area (Å²) in [6, 6.07) is 7.87. The van der Waals surface area contributed by atoms with Crippen LogP contribution in [0, 0.1) is 10.8 Å². The average Bonchev–Trinajstić information content (AvgIpc) is 3.09. The molecule has 8 heteroatoms. The van der Waals surface area contributed by atoms with Gasteiger partial charge in [0.25, 0.3) is 5.91 Å². The van der Waals surface area contributed by atoms with Gasteiger partial charge in [-0.05, 0) is 24.3 Å². The van der Waals surface area contributed by atoms with E-state index in [1.807, 2.05) is 24.3 Å². The smallest absolute Gasteiger partial charge is 0.407 e. The van der Waals surface area contributed by atoms with E-state index in [1.54, 1.807) is 11.1 Å². The Hall–Kier alpha value is -3.29. The Morgan fingerprint density at radius 2 is 2.00 bits per heavy atom. The number of likely N-dealkylation sites (tertiary alicyclic amines) is 1. The largest absolute Gasteiger partial charge is 0.465 e. The summed E-state index contributed by atoms with van der Waals surface area (Å²) in [5, 5.41) is 11.6. The number of nitrogens with two attached hydrogens (primary N) is 1. The van der Waals surface area contributed by atoms with Gasteiger partial charge in [0, 0.05) is 48.2 Å². The number of carbonyl (C=O) groups excluding carboxylic acids is 1. The lowest BCUT2D eigenvalue weighted by atomic mass is 9.58. The minimum absolute atomic E-state index is 0.0568. The second kappa shape index (κ2) is 6.85. The maximum atomic E-state index is 12.1. The van der Waals surface area contributed by atoms with Gasteiger partial charge in [-0.15, -0.1) is 0 Å². The zero-order chi connectivity index (χ0) is 22.8. The number of primary amides is 1. The molecule has 2 aliphatic rings. The van der Waals surface area contributed by atoms with Gasteiger partial charge in [-0.2, -0.15) is 0 Å². The lowest BCUT2D eigenvalue weighted by Crippen LogP contribution is -2.74. The van der Waals surface area contributed by atoms with Crippen molar-refractivity contribution in [2.75, 3.05) is 24.5 Å². The molecule has 2 aromatic heterocycles. The number of aromatic nitrogens is 2. The van der Waals surface area contributed by atoms with Crippen molar-refractivity contribution < 1.29 is 14.7 Å². The minimum Gasteiger partial charge on any atom is -0.465 e. The number of carbonyl (C=O) groups is 2. The van der Waals surface area contributed by atoms with E-state index in [2.05, 4.69) is 30.7 Å². The van der Waals surface area contributed by atoms with E-state index in [4.69, 9.17) is 10.7 Å². The second-order valence-corrected chi connectivity index (χ2v) is 10.3. The number of piperidine rings is 1. The molecular formula is C24H29N5O3. The first-order chi connectivity index (χ1) is 15.1. The Kier molecular flexibility index (Phi) is 4.41. The first kappa shape index (κ1) is 20.6. The van der Waals surface area contributed by atoms with Crippen molar-refractivity contribution in [2.24, 2.45) is 16.6 Å². The van der Waals surface area contributed by atoms with E-state index in [0.717, 1.165) is 48.0 Å². The molecule has 0 saturated carbocycles. The Bertz CT molecular complexity index is 1240. The molecule has 2 saturated heterocycles. The Labute approximate surface area is 186 Å². The number of carboxylic acid groups (broad SMARTS) is 1. The van der Waals surface area contributed by atoms with E-state index in [9.17, 15) is 14.7 Å². The molecule has 4 heterocycles. The predicted octanol–water partition coefficient (Wildman–Crippen LogP) is 3.81. The van der Waals surface area contributed by atoms with Gasteiger partial charge in [0.1, 0.15) is 5.82 Å². The predicted molar refractivity (Wildman–Crippen MR) is 124 cm³/mol. The van der Waals surface area contributed by atoms with E-state index < -0.39 is 12.0 Å². The molecule has 2 amide bonds. The number of para-hydroxylation sites is 1. The molecule has 2 atom stereocenters. The highest BCUT2D eigenvalue weighted by Crippen LogP contribution is 2.52. The van der Waals surface area contributed by atoms with Crippen LogP contribution in [0.3, 0.4) is 0 Å². The maximum Gasteiger partial charge on any atom is 0.407 e. The fraction of sp³-hybridized carbons (Fsp3) is 0.458. The molecule has 4 N–H and O–H groups in total. The summed E-state index contributed by atoms with van der Waals surface area (Å²) in [4.78, 5) is 35.9. The zero-order valence-corrected chi connectivity index (χ0v) is 18.7. The molecule has 2 aliphatic heterocycles. The van der Waals surface area contributed by atoms with Gasteiger partial charge in [0.2, 0.25) is 0 Å². The van der Waals surface area contributed by atoms with Crippen molar-refractivity contribution in [1.29, 1.82) is 0 Å². The van der Waals surface area contributed by atoms with Crippen LogP contribution in [0.1, 0.15) is 44.0 Å². The number of hydrogen-bond acceptors (Lipinski definition) is 4. The number of pyridine rings is 1. The molecular weight excluding hydrogens is 406 g/mol. The van der Waals surface area contributed by atoms with Crippen molar-refractivity contribution in [3.05, 3.63) is 36.0 Å². The minimum atomic E-state index is -0.851. The van der Waals surface area contributed by atoms with Crippen molar-refractivity contribution in [2.45, 2.75) is 39.7 Å². The van der Waals surface area contributed by atoms with Gasteiger partial charge < -0.3 is 25.6 Å². The number of nitrogens with zero attached hydrogens (tertiary/aromatic N) is 3. The van der Waals surface area contributed by atoms with Gasteiger partial charge in [-0.3, -0.25) is 4.79 Å². The molecule has 0 bridgehead atoms. The molecule has 32 heavy (non-hydrogen) atoms. The van der Waals surface area contributed by atoms with Gasteiger partial charge in [-0.1, -0.05) is 39.0 Å². The van der Waals surface area contributed by atoms with Crippen LogP contribution < -0.4 is 10.6 Å². The van der Waals surface area contributed by atoms with Crippen LogP contribution in [0.5, 0.6) is 0 Å². The molecule has 0 radical (unpaired) electrons. The van der Waals surface area contributed by atoms with E-state index >= 15 is 0 Å². The van der Waals surface area contributed by atoms with Crippen LogP contribution in [0.25, 0.3) is 21.8 Å². The summed E-state index contributed by atoms with van der Waals surface area (Å²) in [5.41, 5.74) is 7.37. The van der Waals surface area contributed by atoms with Gasteiger partial charge in [0.15, 0.2) is 0 Å². The molecule has 8 nitrogen and oxygen atoms in total. The Morgan fingerprint density at radius 3 is 2.69 bits per heavy atom. The molecule has 2 unspecified atom stereocenters. The standard InChI is InChI=1S/C24H29N5O3/c1-23(2,3)21-24(13-29(21)22(31)32)9-6-10-28(12-24)20-17-14-7-4-5-8-16(14)27-18(17)15(11-26-20)19(25)30/h4-5,7-8,11,21,27H,6,9-10,12-13H2,1-3H3,(H2,25,30)(H,31,32). The fourth-order valence-electron chi connectivity index (χ4n) is 6.25. The zero-order valence-electron chi connectivity index (χ0n) is 18.7. The number of hydrogen-bond donors (Lipinski definition) is 3. The molecule has 2 fully saturated rings. The highest BCUT2D eigenvalue weighted by molar-refractivity contribution is 6.18. The normalized spacial score (nSPS) is 23.7. The summed E-state index contributed by atoms with van der Waals surface area (Å²) >= 11 is 0. The number of aromatic amines is 1. The number of anilines is 1. The van der Waals surface area contributed by atoms with E-state index in [0.29, 0.717) is 17.6 Å². The summed E-state index contributed by atoms with van der Waals surface area (Å²) in [5.74, 6) is 0.308. The van der Waals surface area contributed by atoms with Crippen LogP contribution in [0.4, 0.5) is 10.6 Å². The van der Waals surface area contributed by atoms with Gasteiger partial charge in [0.05, 0.1) is 16.5 Å². The van der Waals surface area contributed by atoms with Crippen molar-refractivity contribution in [1.82, 2.24) is 14.9 Å². The van der Waals surface area contributed by atoms with Crippen LogP contribution >= 0.6 is 0 Å². The van der Waals surface area contributed by atoms with E-state index in [-0.39, 0.29) is 16.9 Å². The fourth-order valence-corrected chi connectivity index (χ4v) is 6.25. The number of fused-ring (bicyclic) bond motifs is 3. The van der Waals surface area contributed by atoms with Crippen LogP contribution in [-0.4, -0.2) is 57.7 Å². The van der Waals surface area contributed by atoms with Crippen LogP contribution in [-0.2, 0) is 0 Å². The van der Waals surface area contributed by atoms with Gasteiger partial charge in [-0.25, -0.2) is 9.78 Å². The highest BCUT2D eigenvalue weighted by Gasteiger charge is 2.60. The SMILES string of the molecule is CC(C)(C)C1N(C(=O)O)CC12CCCN(c1ncc(C(N)=O)c3[nH]c4ccccc4c13)C2. The molecule has 168 valence electrons. The van der Waals surface area contributed by atoms with Crippen molar-refractivity contribution in [3.8, 4) is 0 Å². The lowest BCUT2D eigenvalue weighted by molar-refractivity contribution is -0.113. The topological polar surface area (TPSA) is 116 Å². The summed E-state index contributed by atoms with van der Waals surface area (Å²) < 4.78 is 0. The summed E-state index contributed by atoms with van der Waals surface area (Å²) in [6.45, 7) is 8.46.